The van der Waals surface area contributed by atoms with Crippen molar-refractivity contribution >= 4 is 56.2 Å². The van der Waals surface area contributed by atoms with Crippen LogP contribution in [0.3, 0.4) is 0 Å². The second kappa shape index (κ2) is 8.14. The Morgan fingerprint density at radius 3 is 2.75 bits per heavy atom. The minimum Gasteiger partial charge on any atom is -0.376 e. The quantitative estimate of drug-likeness (QED) is 0.446. The zero-order valence-corrected chi connectivity index (χ0v) is 19.0. The lowest BCUT2D eigenvalue weighted by molar-refractivity contribution is -0.123. The first-order valence-corrected chi connectivity index (χ1v) is 11.3. The van der Waals surface area contributed by atoms with E-state index in [0.29, 0.717) is 15.8 Å². The maximum absolute atomic E-state index is 12.9. The summed E-state index contributed by atoms with van der Waals surface area (Å²) < 4.78 is 9.54. The molecule has 1 aromatic carbocycles. The first kappa shape index (κ1) is 19.9. The van der Waals surface area contributed by atoms with Gasteiger partial charge in [-0.05, 0) is 68.7 Å². The number of hydrogen-bond acceptors (Lipinski definition) is 4. The maximum Gasteiger partial charge on any atom is 0.266 e. The van der Waals surface area contributed by atoms with Gasteiger partial charge in [0.1, 0.15) is 4.32 Å². The molecule has 0 radical (unpaired) electrons. The van der Waals surface area contributed by atoms with E-state index in [0.717, 1.165) is 46.6 Å². The van der Waals surface area contributed by atoms with Gasteiger partial charge in [0.15, 0.2) is 0 Å². The zero-order chi connectivity index (χ0) is 19.8. The lowest BCUT2D eigenvalue weighted by atomic mass is 10.2. The number of carbonyl (C=O) groups excluding carboxylic acids is 1. The number of hydrogen-bond donors (Lipinski definition) is 0. The highest BCUT2D eigenvalue weighted by atomic mass is 79.9. The molecular weight excluding hydrogens is 456 g/mol. The van der Waals surface area contributed by atoms with Gasteiger partial charge in [-0.2, -0.15) is 0 Å². The van der Waals surface area contributed by atoms with Gasteiger partial charge in [0, 0.05) is 28.2 Å². The summed E-state index contributed by atoms with van der Waals surface area (Å²) in [5, 5.41) is 0. The van der Waals surface area contributed by atoms with Crippen LogP contribution in [-0.4, -0.2) is 39.0 Å². The van der Waals surface area contributed by atoms with Crippen LogP contribution < -0.4 is 0 Å². The molecule has 4 nitrogen and oxygen atoms in total. The Kier molecular flexibility index (Phi) is 5.78. The van der Waals surface area contributed by atoms with Crippen LogP contribution in [-0.2, 0) is 9.53 Å². The van der Waals surface area contributed by atoms with Crippen molar-refractivity contribution in [3.05, 3.63) is 56.7 Å². The highest BCUT2D eigenvalue weighted by Crippen LogP contribution is 2.35. The monoisotopic (exact) mass is 476 g/mol. The Morgan fingerprint density at radius 1 is 1.32 bits per heavy atom. The number of rotatable bonds is 4. The minimum atomic E-state index is -0.0149. The van der Waals surface area contributed by atoms with Crippen molar-refractivity contribution in [2.75, 3.05) is 13.2 Å². The summed E-state index contributed by atoms with van der Waals surface area (Å²) in [5.41, 5.74) is 4.37. The van der Waals surface area contributed by atoms with E-state index in [9.17, 15) is 4.79 Å². The molecule has 0 spiro atoms. The topological polar surface area (TPSA) is 34.5 Å². The molecule has 146 valence electrons. The van der Waals surface area contributed by atoms with Crippen LogP contribution in [0.25, 0.3) is 11.8 Å². The largest absolute Gasteiger partial charge is 0.376 e. The molecule has 0 unspecified atom stereocenters. The molecule has 1 amide bonds. The molecule has 7 heteroatoms. The average Bonchev–Trinajstić information content (AvgIpc) is 3.34. The van der Waals surface area contributed by atoms with Crippen LogP contribution in [0, 0.1) is 13.8 Å². The Labute approximate surface area is 183 Å². The fraction of sp³-hybridized carbons (Fsp3) is 0.333. The van der Waals surface area contributed by atoms with Gasteiger partial charge in [0.2, 0.25) is 0 Å². The number of aryl methyl sites for hydroxylation is 1. The minimum absolute atomic E-state index is 0.0149. The molecule has 2 aliphatic rings. The second-order valence-corrected chi connectivity index (χ2v) is 9.66. The van der Waals surface area contributed by atoms with Gasteiger partial charge < -0.3 is 9.30 Å². The number of carbonyl (C=O) groups is 1. The van der Waals surface area contributed by atoms with Crippen molar-refractivity contribution in [2.24, 2.45) is 0 Å². The number of benzene rings is 1. The van der Waals surface area contributed by atoms with E-state index in [2.05, 4.69) is 52.5 Å². The molecule has 0 N–H and O–H groups in total. The Morgan fingerprint density at radius 2 is 2.07 bits per heavy atom. The van der Waals surface area contributed by atoms with Gasteiger partial charge in [-0.25, -0.2) is 0 Å². The highest BCUT2D eigenvalue weighted by molar-refractivity contribution is 9.10. The molecule has 0 bridgehead atoms. The Bertz CT molecular complexity index is 960. The average molecular weight is 477 g/mol. The van der Waals surface area contributed by atoms with Crippen molar-refractivity contribution in [2.45, 2.75) is 32.8 Å². The van der Waals surface area contributed by atoms with Crippen molar-refractivity contribution in [1.82, 2.24) is 9.47 Å². The lowest BCUT2D eigenvalue weighted by Crippen LogP contribution is -2.35. The predicted molar refractivity (Wildman–Crippen MR) is 122 cm³/mol. The molecule has 28 heavy (non-hydrogen) atoms. The number of amides is 1. The molecular formula is C21H21BrN2O2S2. The van der Waals surface area contributed by atoms with E-state index >= 15 is 0 Å². The van der Waals surface area contributed by atoms with Gasteiger partial charge in [-0.15, -0.1) is 0 Å². The second-order valence-electron chi connectivity index (χ2n) is 7.07. The third-order valence-corrected chi connectivity index (χ3v) is 7.03. The van der Waals surface area contributed by atoms with Crippen LogP contribution in [0.15, 0.2) is 39.7 Å². The van der Waals surface area contributed by atoms with Crippen molar-refractivity contribution < 1.29 is 9.53 Å². The number of aromatic nitrogens is 1. The van der Waals surface area contributed by atoms with Crippen LogP contribution in [0.5, 0.6) is 0 Å². The molecule has 0 saturated carbocycles. The van der Waals surface area contributed by atoms with Crippen LogP contribution in [0.2, 0.25) is 0 Å². The van der Waals surface area contributed by atoms with Gasteiger partial charge in [-0.1, -0.05) is 39.9 Å². The van der Waals surface area contributed by atoms with Crippen molar-refractivity contribution in [3.8, 4) is 5.69 Å². The Balaban J connectivity index is 1.60. The number of thiocarbonyl (C=S) groups is 1. The summed E-state index contributed by atoms with van der Waals surface area (Å²) in [6.07, 6.45) is 4.11. The van der Waals surface area contributed by atoms with E-state index in [-0.39, 0.29) is 12.0 Å². The van der Waals surface area contributed by atoms with Crippen molar-refractivity contribution in [3.63, 3.8) is 0 Å². The fourth-order valence-corrected chi connectivity index (χ4v) is 5.24. The van der Waals surface area contributed by atoms with Crippen LogP contribution >= 0.6 is 39.9 Å². The summed E-state index contributed by atoms with van der Waals surface area (Å²) in [6.45, 7) is 5.49. The lowest BCUT2D eigenvalue weighted by Gasteiger charge is -2.18. The summed E-state index contributed by atoms with van der Waals surface area (Å²) in [4.78, 5) is 15.3. The first-order valence-electron chi connectivity index (χ1n) is 9.26. The van der Waals surface area contributed by atoms with E-state index in [1.165, 1.54) is 11.8 Å². The molecule has 4 rings (SSSR count). The zero-order valence-electron chi connectivity index (χ0n) is 15.8. The van der Waals surface area contributed by atoms with Crippen molar-refractivity contribution in [1.29, 1.82) is 0 Å². The number of ether oxygens (including phenoxy) is 1. The molecule has 2 aromatic rings. The predicted octanol–water partition coefficient (Wildman–Crippen LogP) is 5.24. The molecule has 1 atom stereocenters. The molecule has 3 heterocycles. The third kappa shape index (κ3) is 3.85. The van der Waals surface area contributed by atoms with Gasteiger partial charge in [0.25, 0.3) is 5.91 Å². The maximum atomic E-state index is 12.9. The number of thioether (sulfide) groups is 1. The molecule has 2 saturated heterocycles. The van der Waals surface area contributed by atoms with Gasteiger partial charge in [-0.3, -0.25) is 9.69 Å². The van der Waals surface area contributed by atoms with E-state index < -0.39 is 0 Å². The summed E-state index contributed by atoms with van der Waals surface area (Å²) in [7, 11) is 0. The van der Waals surface area contributed by atoms with E-state index in [1.54, 1.807) is 4.90 Å². The fourth-order valence-electron chi connectivity index (χ4n) is 3.71. The molecule has 1 aromatic heterocycles. The van der Waals surface area contributed by atoms with Gasteiger partial charge >= 0.3 is 0 Å². The molecule has 2 aliphatic heterocycles. The van der Waals surface area contributed by atoms with E-state index in [1.807, 2.05) is 18.2 Å². The van der Waals surface area contributed by atoms with Gasteiger partial charge in [0.05, 0.1) is 17.6 Å². The highest BCUT2D eigenvalue weighted by Gasteiger charge is 2.34. The van der Waals surface area contributed by atoms with Crippen LogP contribution in [0.4, 0.5) is 0 Å². The molecule has 2 fully saturated rings. The van der Waals surface area contributed by atoms with Crippen LogP contribution in [0.1, 0.15) is 29.8 Å². The third-order valence-electron chi connectivity index (χ3n) is 5.13. The number of nitrogens with zero attached hydrogens (tertiary/aromatic N) is 2. The van der Waals surface area contributed by atoms with E-state index in [4.69, 9.17) is 17.0 Å². The summed E-state index contributed by atoms with van der Waals surface area (Å²) in [6, 6.07) is 10.3. The Hall–Kier alpha value is -1.41. The molecule has 0 aliphatic carbocycles. The SMILES string of the molecule is Cc1cc(/C=C2\SC(=S)N(C[C@@H]3CCCO3)C2=O)c(C)n1-c1ccc(Br)cc1. The standard InChI is InChI=1S/C21H21BrN2O2S2/c1-13-10-15(14(2)24(13)17-7-5-16(22)6-8-17)11-19-20(25)23(21(27)28-19)12-18-4-3-9-26-18/h5-8,10-11,18H,3-4,9,12H2,1-2H3/b19-11-/t18-/m0/s1. The first-order chi connectivity index (χ1) is 13.4. The number of halogens is 1. The smallest absolute Gasteiger partial charge is 0.266 e. The normalized spacial score (nSPS) is 21.3. The summed E-state index contributed by atoms with van der Waals surface area (Å²) >= 11 is 10.3. The summed E-state index contributed by atoms with van der Waals surface area (Å²) in [5.74, 6) is -0.0149.